The Hall–Kier alpha value is -1.59. The maximum Gasteiger partial charge on any atom is 0.224 e. The van der Waals surface area contributed by atoms with Gasteiger partial charge in [-0.05, 0) is 43.5 Å². The van der Waals surface area contributed by atoms with Gasteiger partial charge in [0.15, 0.2) is 0 Å². The van der Waals surface area contributed by atoms with E-state index in [1.807, 2.05) is 0 Å². The van der Waals surface area contributed by atoms with E-state index < -0.39 is 0 Å². The summed E-state index contributed by atoms with van der Waals surface area (Å²) in [6.45, 7) is 1.06. The third-order valence-corrected chi connectivity index (χ3v) is 3.50. The summed E-state index contributed by atoms with van der Waals surface area (Å²) in [7, 11) is 0. The zero-order chi connectivity index (χ0) is 14.4. The highest BCUT2D eigenvalue weighted by atomic mass is 35.5. The smallest absolute Gasteiger partial charge is 0.224 e. The molecule has 0 saturated carbocycles. The van der Waals surface area contributed by atoms with E-state index in [-0.39, 0.29) is 30.6 Å². The number of primary amides is 1. The predicted octanol–water partition coefficient (Wildman–Crippen LogP) is 1.61. The van der Waals surface area contributed by atoms with E-state index in [0.717, 1.165) is 30.6 Å². The van der Waals surface area contributed by atoms with Crippen molar-refractivity contribution in [2.24, 2.45) is 5.73 Å². The van der Waals surface area contributed by atoms with E-state index in [2.05, 4.69) is 10.6 Å². The molecule has 1 aliphatic heterocycles. The predicted molar refractivity (Wildman–Crippen MR) is 85.5 cm³/mol. The van der Waals surface area contributed by atoms with Crippen LogP contribution in [0.25, 0.3) is 0 Å². The first kappa shape index (κ1) is 17.5. The number of hydrogen-bond acceptors (Lipinski definition) is 3. The van der Waals surface area contributed by atoms with Crippen LogP contribution in [0.3, 0.4) is 0 Å². The van der Waals surface area contributed by atoms with Gasteiger partial charge in [-0.25, -0.2) is 0 Å². The van der Waals surface area contributed by atoms with Crippen molar-refractivity contribution in [3.8, 4) is 0 Å². The van der Waals surface area contributed by atoms with Crippen molar-refractivity contribution in [2.75, 3.05) is 11.9 Å². The zero-order valence-corrected chi connectivity index (χ0v) is 12.7. The van der Waals surface area contributed by atoms with Gasteiger partial charge in [0, 0.05) is 18.2 Å². The maximum atomic E-state index is 11.8. The molecule has 1 atom stereocenters. The third-order valence-electron chi connectivity index (χ3n) is 3.50. The Bertz CT molecular complexity index is 470. The van der Waals surface area contributed by atoms with Crippen molar-refractivity contribution in [3.63, 3.8) is 0 Å². The summed E-state index contributed by atoms with van der Waals surface area (Å²) in [6.07, 6.45) is 4.00. The Morgan fingerprint density at radius 3 is 2.57 bits per heavy atom. The van der Waals surface area contributed by atoms with E-state index in [1.165, 1.54) is 6.42 Å². The van der Waals surface area contributed by atoms with E-state index in [4.69, 9.17) is 5.73 Å². The number of amides is 2. The van der Waals surface area contributed by atoms with E-state index in [9.17, 15) is 9.59 Å². The minimum Gasteiger partial charge on any atom is -0.369 e. The molecule has 0 spiro atoms. The van der Waals surface area contributed by atoms with Gasteiger partial charge in [-0.3, -0.25) is 9.59 Å². The van der Waals surface area contributed by atoms with Crippen LogP contribution in [-0.4, -0.2) is 24.4 Å². The summed E-state index contributed by atoms with van der Waals surface area (Å²) in [5.41, 5.74) is 6.73. The maximum absolute atomic E-state index is 11.8. The lowest BCUT2D eigenvalue weighted by Crippen LogP contribution is -2.23. The number of nitrogens with two attached hydrogens (primary N) is 1. The largest absolute Gasteiger partial charge is 0.369 e. The van der Waals surface area contributed by atoms with Crippen molar-refractivity contribution in [1.82, 2.24) is 5.32 Å². The minimum atomic E-state index is -0.356. The fourth-order valence-electron chi connectivity index (χ4n) is 2.44. The zero-order valence-electron chi connectivity index (χ0n) is 11.9. The van der Waals surface area contributed by atoms with E-state index in [0.29, 0.717) is 12.5 Å². The number of carbonyl (C=O) groups excluding carboxylic acids is 2. The number of rotatable bonds is 6. The Morgan fingerprint density at radius 1 is 1.29 bits per heavy atom. The van der Waals surface area contributed by atoms with Gasteiger partial charge in [0.25, 0.3) is 0 Å². The molecule has 1 aliphatic rings. The highest BCUT2D eigenvalue weighted by Crippen LogP contribution is 2.13. The monoisotopic (exact) mass is 311 g/mol. The molecule has 1 saturated heterocycles. The number of nitrogens with one attached hydrogen (secondary N) is 2. The molecule has 0 bridgehead atoms. The summed E-state index contributed by atoms with van der Waals surface area (Å²) in [5.74, 6) is -0.327. The first-order chi connectivity index (χ1) is 9.63. The Labute approximate surface area is 131 Å². The van der Waals surface area contributed by atoms with Crippen LogP contribution >= 0.6 is 12.4 Å². The lowest BCUT2D eigenvalue weighted by molar-refractivity contribution is -0.117. The molecule has 2 amide bonds. The second-order valence-electron chi connectivity index (χ2n) is 5.22. The van der Waals surface area contributed by atoms with Crippen LogP contribution < -0.4 is 16.4 Å². The highest BCUT2D eigenvalue weighted by molar-refractivity contribution is 5.90. The molecular formula is C15H22ClN3O2. The van der Waals surface area contributed by atoms with Gasteiger partial charge in [-0.15, -0.1) is 12.4 Å². The molecule has 1 heterocycles. The van der Waals surface area contributed by atoms with Crippen LogP contribution in [0, 0.1) is 0 Å². The van der Waals surface area contributed by atoms with Gasteiger partial charge in [0.2, 0.25) is 11.8 Å². The number of benzene rings is 1. The van der Waals surface area contributed by atoms with Gasteiger partial charge in [0.05, 0.1) is 6.42 Å². The van der Waals surface area contributed by atoms with Crippen molar-refractivity contribution >= 4 is 29.9 Å². The van der Waals surface area contributed by atoms with Crippen LogP contribution in [0.1, 0.15) is 31.2 Å². The normalized spacial score (nSPS) is 17.0. The molecule has 4 N–H and O–H groups in total. The molecule has 0 aromatic heterocycles. The van der Waals surface area contributed by atoms with E-state index in [1.54, 1.807) is 24.3 Å². The Kier molecular flexibility index (Phi) is 7.19. The highest BCUT2D eigenvalue weighted by Gasteiger charge is 2.15. The first-order valence-electron chi connectivity index (χ1n) is 7.04. The Morgan fingerprint density at radius 2 is 2.00 bits per heavy atom. The molecule has 116 valence electrons. The summed E-state index contributed by atoms with van der Waals surface area (Å²) in [4.78, 5) is 22.6. The average molecular weight is 312 g/mol. The second-order valence-corrected chi connectivity index (χ2v) is 5.22. The van der Waals surface area contributed by atoms with Gasteiger partial charge < -0.3 is 16.4 Å². The van der Waals surface area contributed by atoms with Crippen molar-refractivity contribution in [1.29, 1.82) is 0 Å². The molecule has 1 aromatic carbocycles. The van der Waals surface area contributed by atoms with Crippen molar-refractivity contribution < 1.29 is 9.59 Å². The molecule has 2 rings (SSSR count). The van der Waals surface area contributed by atoms with Crippen LogP contribution in [0.5, 0.6) is 0 Å². The summed E-state index contributed by atoms with van der Waals surface area (Å²) >= 11 is 0. The molecular weight excluding hydrogens is 290 g/mol. The van der Waals surface area contributed by atoms with Crippen molar-refractivity contribution in [3.05, 3.63) is 29.8 Å². The fraction of sp³-hybridized carbons (Fsp3) is 0.467. The molecule has 21 heavy (non-hydrogen) atoms. The summed E-state index contributed by atoms with van der Waals surface area (Å²) in [6, 6.07) is 7.69. The van der Waals surface area contributed by atoms with Gasteiger partial charge in [0.1, 0.15) is 0 Å². The quantitative estimate of drug-likeness (QED) is 0.746. The van der Waals surface area contributed by atoms with Crippen LogP contribution in [-0.2, 0) is 16.0 Å². The van der Waals surface area contributed by atoms with Crippen LogP contribution in [0.4, 0.5) is 5.69 Å². The molecule has 0 aliphatic carbocycles. The SMILES string of the molecule is Cl.NC(=O)Cc1ccc(NC(=O)CCC2CCCN2)cc1. The third kappa shape index (κ3) is 6.14. The first-order valence-corrected chi connectivity index (χ1v) is 7.04. The van der Waals surface area contributed by atoms with Crippen LogP contribution in [0.2, 0.25) is 0 Å². The fourth-order valence-corrected chi connectivity index (χ4v) is 2.44. The summed E-state index contributed by atoms with van der Waals surface area (Å²) < 4.78 is 0. The molecule has 0 radical (unpaired) electrons. The molecule has 1 unspecified atom stereocenters. The second kappa shape index (κ2) is 8.64. The van der Waals surface area contributed by atoms with Gasteiger partial charge in [-0.1, -0.05) is 12.1 Å². The topological polar surface area (TPSA) is 84.2 Å². The average Bonchev–Trinajstić information content (AvgIpc) is 2.91. The molecule has 5 nitrogen and oxygen atoms in total. The van der Waals surface area contributed by atoms with E-state index >= 15 is 0 Å². The lowest BCUT2D eigenvalue weighted by Gasteiger charge is -2.10. The number of halogens is 1. The summed E-state index contributed by atoms with van der Waals surface area (Å²) in [5, 5.41) is 6.24. The Balaban J connectivity index is 0.00000220. The van der Waals surface area contributed by atoms with Crippen LogP contribution in [0.15, 0.2) is 24.3 Å². The molecule has 6 heteroatoms. The van der Waals surface area contributed by atoms with Crippen molar-refractivity contribution in [2.45, 2.75) is 38.1 Å². The number of hydrogen-bond donors (Lipinski definition) is 3. The number of carbonyl (C=O) groups is 2. The molecule has 1 aromatic rings. The number of anilines is 1. The molecule has 1 fully saturated rings. The lowest BCUT2D eigenvalue weighted by atomic mass is 10.1. The minimum absolute atomic E-state index is 0. The van der Waals surface area contributed by atoms with Gasteiger partial charge >= 0.3 is 0 Å². The van der Waals surface area contributed by atoms with Gasteiger partial charge in [-0.2, -0.15) is 0 Å². The standard InChI is InChI=1S/C15H21N3O2.ClH/c16-14(19)10-11-3-5-13(6-4-11)18-15(20)8-7-12-2-1-9-17-12;/h3-6,12,17H,1-2,7-10H2,(H2,16,19)(H,18,20);1H.